The Morgan fingerprint density at radius 3 is 2.24 bits per heavy atom. The molecule has 1 saturated carbocycles. The van der Waals surface area contributed by atoms with Crippen molar-refractivity contribution in [2.75, 3.05) is 7.11 Å². The van der Waals surface area contributed by atoms with Gasteiger partial charge in [0.25, 0.3) is 0 Å². The lowest BCUT2D eigenvalue weighted by atomic mass is 9.71. The third kappa shape index (κ3) is 4.19. The zero-order valence-electron chi connectivity index (χ0n) is 14.6. The monoisotopic (exact) mass is 312 g/mol. The first-order valence-corrected chi connectivity index (χ1v) is 10.9. The molecule has 122 valence electrons. The van der Waals surface area contributed by atoms with Gasteiger partial charge in [-0.1, -0.05) is 26.8 Å². The summed E-state index contributed by atoms with van der Waals surface area (Å²) in [5, 5.41) is 0.227. The lowest BCUT2D eigenvalue weighted by Crippen LogP contribution is -2.46. The molecule has 0 unspecified atom stereocenters. The van der Waals surface area contributed by atoms with Gasteiger partial charge >= 0.3 is 5.97 Å². The van der Waals surface area contributed by atoms with Gasteiger partial charge in [-0.05, 0) is 50.2 Å². The zero-order valence-corrected chi connectivity index (χ0v) is 15.6. The molecular weight excluding hydrogens is 280 g/mol. The van der Waals surface area contributed by atoms with Crippen molar-refractivity contribution in [1.82, 2.24) is 0 Å². The average molecular weight is 313 g/mol. The number of carbonyl (C=O) groups excluding carboxylic acids is 1. The van der Waals surface area contributed by atoms with Crippen molar-refractivity contribution in [1.29, 1.82) is 0 Å². The van der Waals surface area contributed by atoms with Crippen LogP contribution in [0.5, 0.6) is 0 Å². The van der Waals surface area contributed by atoms with E-state index in [-0.39, 0.29) is 22.5 Å². The number of ether oxygens (including phenoxy) is 1. The highest BCUT2D eigenvalue weighted by Crippen LogP contribution is 2.44. The molecule has 0 N–H and O–H groups in total. The summed E-state index contributed by atoms with van der Waals surface area (Å²) in [6, 6.07) is 0. The summed E-state index contributed by atoms with van der Waals surface area (Å²) < 4.78 is 11.5. The summed E-state index contributed by atoms with van der Waals surface area (Å²) in [5.41, 5.74) is -0.371. The van der Waals surface area contributed by atoms with Gasteiger partial charge in [0.15, 0.2) is 8.32 Å². The first-order chi connectivity index (χ1) is 9.58. The van der Waals surface area contributed by atoms with Crippen molar-refractivity contribution in [3.63, 3.8) is 0 Å². The van der Waals surface area contributed by atoms with E-state index in [0.29, 0.717) is 6.42 Å². The second kappa shape index (κ2) is 6.65. The van der Waals surface area contributed by atoms with Gasteiger partial charge in [-0.25, -0.2) is 0 Å². The van der Waals surface area contributed by atoms with E-state index in [1.54, 1.807) is 0 Å². The molecule has 0 heterocycles. The molecule has 0 spiro atoms. The summed E-state index contributed by atoms with van der Waals surface area (Å²) in [6.45, 7) is 15.2. The summed E-state index contributed by atoms with van der Waals surface area (Å²) >= 11 is 0. The van der Waals surface area contributed by atoms with E-state index in [1.165, 1.54) is 7.11 Å². The summed E-state index contributed by atoms with van der Waals surface area (Å²) in [7, 11) is -0.251. The Bertz CT molecular complexity index is 374. The number of hydrogen-bond donors (Lipinski definition) is 0. The maximum Gasteiger partial charge on any atom is 0.312 e. The molecule has 21 heavy (non-hydrogen) atoms. The Kier molecular flexibility index (Phi) is 5.84. The number of carbonyl (C=O) groups is 1. The van der Waals surface area contributed by atoms with Gasteiger partial charge in [-0.3, -0.25) is 4.79 Å². The third-order valence-corrected chi connectivity index (χ3v) is 9.85. The molecular formula is C17H32O3Si. The van der Waals surface area contributed by atoms with Crippen molar-refractivity contribution < 1.29 is 14.0 Å². The van der Waals surface area contributed by atoms with Crippen LogP contribution in [0.2, 0.25) is 18.1 Å². The maximum atomic E-state index is 12.1. The van der Waals surface area contributed by atoms with Gasteiger partial charge < -0.3 is 9.16 Å². The highest BCUT2D eigenvalue weighted by molar-refractivity contribution is 6.74. The molecule has 1 aliphatic rings. The van der Waals surface area contributed by atoms with Crippen LogP contribution in [-0.4, -0.2) is 27.5 Å². The summed E-state index contributed by atoms with van der Waals surface area (Å²) in [5.74, 6) is -0.0897. The molecule has 0 saturated heterocycles. The highest BCUT2D eigenvalue weighted by Gasteiger charge is 2.45. The Morgan fingerprint density at radius 1 is 1.33 bits per heavy atom. The lowest BCUT2D eigenvalue weighted by molar-refractivity contribution is -0.155. The van der Waals surface area contributed by atoms with Crippen LogP contribution in [-0.2, 0) is 14.0 Å². The Balaban J connectivity index is 2.70. The predicted molar refractivity (Wildman–Crippen MR) is 89.8 cm³/mol. The number of esters is 1. The Labute approximate surface area is 131 Å². The molecule has 0 aromatic heterocycles. The number of hydrogen-bond acceptors (Lipinski definition) is 3. The van der Waals surface area contributed by atoms with Gasteiger partial charge in [0.1, 0.15) is 0 Å². The minimum absolute atomic E-state index is 0.0897. The molecule has 1 aliphatic carbocycles. The van der Waals surface area contributed by atoms with Crippen LogP contribution in [0.15, 0.2) is 12.7 Å². The fourth-order valence-electron chi connectivity index (χ4n) is 2.84. The van der Waals surface area contributed by atoms with Crippen molar-refractivity contribution in [3.05, 3.63) is 12.7 Å². The van der Waals surface area contributed by atoms with Crippen LogP contribution in [0.25, 0.3) is 0 Å². The molecule has 0 aromatic rings. The molecule has 3 nitrogen and oxygen atoms in total. The fraction of sp³-hybridized carbons (Fsp3) is 0.824. The SMILES string of the molecule is C=CC[C@]1(C(=O)OC)CC[C@@H](O[Si](C)(C)C(C)(C)C)CC1. The van der Waals surface area contributed by atoms with Crippen LogP contribution in [0.3, 0.4) is 0 Å². The lowest BCUT2D eigenvalue weighted by Gasteiger charge is -2.43. The molecule has 0 radical (unpaired) electrons. The molecule has 0 aliphatic heterocycles. The fourth-order valence-corrected chi connectivity index (χ4v) is 4.26. The first kappa shape index (κ1) is 18.4. The molecule has 0 amide bonds. The van der Waals surface area contributed by atoms with E-state index < -0.39 is 8.32 Å². The van der Waals surface area contributed by atoms with Crippen molar-refractivity contribution >= 4 is 14.3 Å². The maximum absolute atomic E-state index is 12.1. The minimum atomic E-state index is -1.73. The van der Waals surface area contributed by atoms with E-state index >= 15 is 0 Å². The molecule has 0 aromatic carbocycles. The predicted octanol–water partition coefficient (Wildman–Crippen LogP) is 4.69. The number of rotatable bonds is 5. The van der Waals surface area contributed by atoms with Crippen LogP contribution in [0.1, 0.15) is 52.9 Å². The number of methoxy groups -OCH3 is 1. The van der Waals surface area contributed by atoms with Crippen LogP contribution in [0.4, 0.5) is 0 Å². The van der Waals surface area contributed by atoms with Gasteiger partial charge in [-0.2, -0.15) is 0 Å². The average Bonchev–Trinajstić information content (AvgIpc) is 2.39. The van der Waals surface area contributed by atoms with Crippen molar-refractivity contribution in [3.8, 4) is 0 Å². The van der Waals surface area contributed by atoms with Gasteiger partial charge in [0.2, 0.25) is 0 Å². The standard InChI is InChI=1S/C17H32O3Si/c1-8-11-17(15(18)19-5)12-9-14(10-13-17)20-21(6,7)16(2,3)4/h8,14H,1,9-13H2,2-7H3/t14-,17+. The second-order valence-electron chi connectivity index (χ2n) is 7.84. The Hall–Kier alpha value is -0.613. The van der Waals surface area contributed by atoms with E-state index in [9.17, 15) is 4.79 Å². The molecule has 1 fully saturated rings. The summed E-state index contributed by atoms with van der Waals surface area (Å²) in [6.07, 6.45) is 6.38. The topological polar surface area (TPSA) is 35.5 Å². The van der Waals surface area contributed by atoms with E-state index in [4.69, 9.17) is 9.16 Å². The summed E-state index contributed by atoms with van der Waals surface area (Å²) in [4.78, 5) is 12.1. The van der Waals surface area contributed by atoms with Crippen LogP contribution in [0, 0.1) is 5.41 Å². The van der Waals surface area contributed by atoms with Crippen LogP contribution >= 0.6 is 0 Å². The van der Waals surface area contributed by atoms with Gasteiger partial charge in [0.05, 0.1) is 12.5 Å². The van der Waals surface area contributed by atoms with Gasteiger partial charge in [-0.15, -0.1) is 6.58 Å². The zero-order chi connectivity index (χ0) is 16.3. The highest BCUT2D eigenvalue weighted by atomic mass is 28.4. The van der Waals surface area contributed by atoms with Gasteiger partial charge in [0, 0.05) is 6.10 Å². The van der Waals surface area contributed by atoms with Crippen LogP contribution < -0.4 is 0 Å². The normalized spacial score (nSPS) is 27.2. The second-order valence-corrected chi connectivity index (χ2v) is 12.6. The van der Waals surface area contributed by atoms with Crippen molar-refractivity contribution in [2.24, 2.45) is 5.41 Å². The van der Waals surface area contributed by atoms with E-state index in [2.05, 4.69) is 40.4 Å². The van der Waals surface area contributed by atoms with E-state index in [1.807, 2.05) is 6.08 Å². The molecule has 0 atom stereocenters. The minimum Gasteiger partial charge on any atom is -0.469 e. The molecule has 1 rings (SSSR count). The van der Waals surface area contributed by atoms with Crippen molar-refractivity contribution in [2.45, 2.75) is 77.1 Å². The third-order valence-electron chi connectivity index (χ3n) is 5.31. The first-order valence-electron chi connectivity index (χ1n) is 7.95. The number of allylic oxidation sites excluding steroid dienone is 1. The van der Waals surface area contributed by atoms with E-state index in [0.717, 1.165) is 25.7 Å². The quantitative estimate of drug-likeness (QED) is 0.420. The largest absolute Gasteiger partial charge is 0.469 e. The Morgan fingerprint density at radius 2 is 1.86 bits per heavy atom. The molecule has 0 bridgehead atoms. The molecule has 4 heteroatoms. The smallest absolute Gasteiger partial charge is 0.312 e.